The van der Waals surface area contributed by atoms with Crippen LogP contribution in [0, 0.1) is 11.6 Å². The van der Waals surface area contributed by atoms with Gasteiger partial charge in [-0.15, -0.1) is 0 Å². The molecule has 0 amide bonds. The van der Waals surface area contributed by atoms with E-state index in [4.69, 9.17) is 4.74 Å². The van der Waals surface area contributed by atoms with E-state index in [2.05, 4.69) is 0 Å². The number of carbonyl (C=O) groups excluding carboxylic acids is 1. The molecule has 0 spiro atoms. The van der Waals surface area contributed by atoms with Crippen molar-refractivity contribution in [3.8, 4) is 5.75 Å². The summed E-state index contributed by atoms with van der Waals surface area (Å²) in [7, 11) is 0. The molecule has 0 saturated heterocycles. The second kappa shape index (κ2) is 6.13. The molecule has 0 N–H and O–H groups in total. The summed E-state index contributed by atoms with van der Waals surface area (Å²) in [6.45, 7) is 2.06. The summed E-state index contributed by atoms with van der Waals surface area (Å²) >= 11 is 0. The van der Waals surface area contributed by atoms with Crippen LogP contribution in [-0.2, 0) is 0 Å². The van der Waals surface area contributed by atoms with E-state index in [1.165, 1.54) is 6.07 Å². The second-order valence-electron chi connectivity index (χ2n) is 4.89. The zero-order chi connectivity index (χ0) is 13.8. The quantitative estimate of drug-likeness (QED) is 0.764. The van der Waals surface area contributed by atoms with Crippen molar-refractivity contribution in [3.63, 3.8) is 0 Å². The van der Waals surface area contributed by atoms with Gasteiger partial charge in [0.05, 0.1) is 12.2 Å². The van der Waals surface area contributed by atoms with Gasteiger partial charge in [-0.25, -0.2) is 8.78 Å². The highest BCUT2D eigenvalue weighted by atomic mass is 19.2. The predicted octanol–water partition coefficient (Wildman–Crippen LogP) is 4.22. The van der Waals surface area contributed by atoms with E-state index in [1.807, 2.05) is 0 Å². The number of aldehydes is 1. The molecule has 0 atom stereocenters. The van der Waals surface area contributed by atoms with Crippen molar-refractivity contribution in [2.75, 3.05) is 6.61 Å². The zero-order valence-electron chi connectivity index (χ0n) is 11.0. The van der Waals surface area contributed by atoms with Gasteiger partial charge in [0.25, 0.3) is 0 Å². The topological polar surface area (TPSA) is 26.3 Å². The van der Waals surface area contributed by atoms with Crippen molar-refractivity contribution in [2.45, 2.75) is 44.9 Å². The average molecular weight is 268 g/mol. The van der Waals surface area contributed by atoms with E-state index in [0.29, 0.717) is 18.5 Å². The van der Waals surface area contributed by atoms with Crippen LogP contribution >= 0.6 is 0 Å². The van der Waals surface area contributed by atoms with E-state index in [0.717, 1.165) is 32.1 Å². The van der Waals surface area contributed by atoms with Crippen molar-refractivity contribution in [1.29, 1.82) is 0 Å². The third kappa shape index (κ3) is 2.77. The summed E-state index contributed by atoms with van der Waals surface area (Å²) in [5.74, 6) is -1.79. The summed E-state index contributed by atoms with van der Waals surface area (Å²) in [6, 6.07) is 1.50. The first-order valence-electron chi connectivity index (χ1n) is 6.78. The fourth-order valence-electron chi connectivity index (χ4n) is 2.73. The molecule has 2 nitrogen and oxygen atoms in total. The minimum Gasteiger partial charge on any atom is -0.493 e. The normalized spacial score (nSPS) is 16.4. The Bertz CT molecular complexity index is 466. The Morgan fingerprint density at radius 3 is 2.53 bits per heavy atom. The summed E-state index contributed by atoms with van der Waals surface area (Å²) in [6.07, 6.45) is 5.25. The molecule has 0 bridgehead atoms. The minimum absolute atomic E-state index is 0.0307. The molecule has 1 aliphatic carbocycles. The maximum absolute atomic E-state index is 14.1. The van der Waals surface area contributed by atoms with Gasteiger partial charge in [0.15, 0.2) is 17.9 Å². The maximum Gasteiger partial charge on any atom is 0.173 e. The molecule has 1 aromatic rings. The number of ether oxygens (including phenoxy) is 1. The number of hydrogen-bond donors (Lipinski definition) is 0. The van der Waals surface area contributed by atoms with E-state index in [-0.39, 0.29) is 17.2 Å². The Hall–Kier alpha value is -1.45. The van der Waals surface area contributed by atoms with Crippen LogP contribution in [0.3, 0.4) is 0 Å². The van der Waals surface area contributed by atoms with Crippen molar-refractivity contribution in [3.05, 3.63) is 28.8 Å². The van der Waals surface area contributed by atoms with Crippen LogP contribution in [0.1, 0.15) is 60.9 Å². The van der Waals surface area contributed by atoms with Crippen molar-refractivity contribution < 1.29 is 18.3 Å². The largest absolute Gasteiger partial charge is 0.493 e. The number of hydrogen-bond acceptors (Lipinski definition) is 2. The zero-order valence-corrected chi connectivity index (χ0v) is 11.0. The van der Waals surface area contributed by atoms with Gasteiger partial charge in [0.1, 0.15) is 5.75 Å². The Balaban J connectivity index is 2.45. The molecule has 1 aromatic carbocycles. The molecule has 1 fully saturated rings. The fourth-order valence-corrected chi connectivity index (χ4v) is 2.73. The second-order valence-corrected chi connectivity index (χ2v) is 4.89. The van der Waals surface area contributed by atoms with Gasteiger partial charge in [-0.05, 0) is 37.3 Å². The molecular weight excluding hydrogens is 250 g/mol. The van der Waals surface area contributed by atoms with Crippen LogP contribution in [0.15, 0.2) is 6.07 Å². The highest BCUT2D eigenvalue weighted by Gasteiger charge is 2.25. The monoisotopic (exact) mass is 268 g/mol. The molecule has 1 saturated carbocycles. The first-order chi connectivity index (χ1) is 9.19. The van der Waals surface area contributed by atoms with Crippen LogP contribution < -0.4 is 4.74 Å². The molecule has 0 heterocycles. The van der Waals surface area contributed by atoms with Crippen molar-refractivity contribution >= 4 is 6.29 Å². The summed E-state index contributed by atoms with van der Waals surface area (Å²) < 4.78 is 33.2. The Labute approximate surface area is 111 Å². The summed E-state index contributed by atoms with van der Waals surface area (Å²) in [5.41, 5.74) is 0.0326. The molecular formula is C15H18F2O2. The Morgan fingerprint density at radius 2 is 1.95 bits per heavy atom. The predicted molar refractivity (Wildman–Crippen MR) is 68.7 cm³/mol. The number of halogens is 2. The molecule has 19 heavy (non-hydrogen) atoms. The first kappa shape index (κ1) is 14.0. The molecule has 0 aromatic heterocycles. The van der Waals surface area contributed by atoms with Gasteiger partial charge in [-0.2, -0.15) is 0 Å². The number of carbonyl (C=O) groups is 1. The molecule has 104 valence electrons. The summed E-state index contributed by atoms with van der Waals surface area (Å²) in [4.78, 5) is 10.9. The highest BCUT2D eigenvalue weighted by molar-refractivity contribution is 5.80. The number of rotatable bonds is 4. The lowest BCUT2D eigenvalue weighted by Crippen LogP contribution is -2.11. The third-order valence-corrected chi connectivity index (χ3v) is 3.70. The molecule has 0 unspecified atom stereocenters. The van der Waals surface area contributed by atoms with Crippen molar-refractivity contribution in [2.24, 2.45) is 0 Å². The van der Waals surface area contributed by atoms with Crippen LogP contribution in [0.2, 0.25) is 0 Å². The molecule has 0 radical (unpaired) electrons. The van der Waals surface area contributed by atoms with Gasteiger partial charge in [-0.3, -0.25) is 4.79 Å². The van der Waals surface area contributed by atoms with E-state index in [1.54, 1.807) is 6.92 Å². The van der Waals surface area contributed by atoms with Gasteiger partial charge >= 0.3 is 0 Å². The maximum atomic E-state index is 14.1. The lowest BCUT2D eigenvalue weighted by molar-refractivity contribution is 0.111. The lowest BCUT2D eigenvalue weighted by atomic mass is 9.83. The minimum atomic E-state index is -1.08. The fraction of sp³-hybridized carbons (Fsp3) is 0.533. The van der Waals surface area contributed by atoms with E-state index in [9.17, 15) is 13.6 Å². The summed E-state index contributed by atoms with van der Waals surface area (Å²) in [5, 5.41) is 0. The van der Waals surface area contributed by atoms with Crippen LogP contribution in [0.25, 0.3) is 0 Å². The van der Waals surface area contributed by atoms with Crippen LogP contribution in [0.4, 0.5) is 8.78 Å². The highest BCUT2D eigenvalue weighted by Crippen LogP contribution is 2.37. The molecule has 4 heteroatoms. The van der Waals surface area contributed by atoms with E-state index < -0.39 is 11.6 Å². The first-order valence-corrected chi connectivity index (χ1v) is 6.78. The third-order valence-electron chi connectivity index (χ3n) is 3.70. The molecule has 1 aliphatic rings. The van der Waals surface area contributed by atoms with Gasteiger partial charge < -0.3 is 4.74 Å². The lowest BCUT2D eigenvalue weighted by Gasteiger charge is -2.23. The Kier molecular flexibility index (Phi) is 4.51. The van der Waals surface area contributed by atoms with Gasteiger partial charge in [-0.1, -0.05) is 19.3 Å². The number of benzene rings is 1. The van der Waals surface area contributed by atoms with Gasteiger partial charge in [0, 0.05) is 0 Å². The van der Waals surface area contributed by atoms with Gasteiger partial charge in [0.2, 0.25) is 0 Å². The van der Waals surface area contributed by atoms with E-state index >= 15 is 0 Å². The Morgan fingerprint density at radius 1 is 1.26 bits per heavy atom. The smallest absolute Gasteiger partial charge is 0.173 e. The molecule has 0 aliphatic heterocycles. The SMILES string of the molecule is CCOc1cc(C2CCCCC2)c(F)c(F)c1C=O. The average Bonchev–Trinajstić information content (AvgIpc) is 2.44. The van der Waals surface area contributed by atoms with Crippen LogP contribution in [-0.4, -0.2) is 12.9 Å². The standard InChI is InChI=1S/C15H18F2O2/c1-2-19-13-8-11(10-6-4-3-5-7-10)14(16)15(17)12(13)9-18/h8-10H,2-7H2,1H3. The molecule has 2 rings (SSSR count). The van der Waals surface area contributed by atoms with Crippen LogP contribution in [0.5, 0.6) is 5.75 Å². The van der Waals surface area contributed by atoms with Crippen molar-refractivity contribution in [1.82, 2.24) is 0 Å².